The molecular formula is C10H20O6P2Zr. The maximum atomic E-state index is 10.3. The Balaban J connectivity index is 0. The topological polar surface area (TPSA) is 126 Å². The van der Waals surface area contributed by atoms with Crippen molar-refractivity contribution in [1.29, 1.82) is 0 Å². The first-order valence-electron chi connectivity index (χ1n) is 6.23. The first-order valence-corrected chi connectivity index (χ1v) is 9.68. The van der Waals surface area contributed by atoms with Crippen molar-refractivity contribution >= 4 is 15.2 Å². The Morgan fingerprint density at radius 1 is 0.526 bits per heavy atom. The van der Waals surface area contributed by atoms with Crippen molar-refractivity contribution in [1.82, 2.24) is 0 Å². The van der Waals surface area contributed by atoms with Crippen LogP contribution in [0.5, 0.6) is 0 Å². The van der Waals surface area contributed by atoms with Crippen LogP contribution < -0.4 is 19.6 Å². The second-order valence-corrected chi connectivity index (χ2v) is 7.84. The second kappa shape index (κ2) is 11.8. The van der Waals surface area contributed by atoms with Gasteiger partial charge in [-0.1, -0.05) is 53.7 Å². The van der Waals surface area contributed by atoms with Crippen molar-refractivity contribution in [2.75, 3.05) is 12.3 Å². The van der Waals surface area contributed by atoms with Crippen molar-refractivity contribution in [3.05, 3.63) is 0 Å². The van der Waals surface area contributed by atoms with Crippen LogP contribution >= 0.6 is 15.2 Å². The average molecular weight is 389 g/mol. The van der Waals surface area contributed by atoms with E-state index < -0.39 is 15.2 Å². The Labute approximate surface area is 133 Å². The van der Waals surface area contributed by atoms with E-state index >= 15 is 0 Å². The third-order valence-corrected chi connectivity index (χ3v) is 4.34. The fourth-order valence-corrected chi connectivity index (χ4v) is 2.89. The number of hydrogen-bond acceptors (Lipinski definition) is 6. The molecule has 110 valence electrons. The zero-order chi connectivity index (χ0) is 14.1. The Morgan fingerprint density at radius 2 is 0.737 bits per heavy atom. The molecular weight excluding hydrogens is 369 g/mol. The molecule has 0 spiro atoms. The Hall–Kier alpha value is 1.18. The van der Waals surface area contributed by atoms with Crippen molar-refractivity contribution in [3.63, 3.8) is 0 Å². The van der Waals surface area contributed by atoms with Crippen LogP contribution in [0.3, 0.4) is 0 Å². The van der Waals surface area contributed by atoms with Gasteiger partial charge in [-0.3, -0.25) is 0 Å². The third-order valence-electron chi connectivity index (χ3n) is 2.61. The van der Waals surface area contributed by atoms with Crippen LogP contribution in [0.1, 0.15) is 51.4 Å². The van der Waals surface area contributed by atoms with Crippen LogP contribution in [0.2, 0.25) is 0 Å². The van der Waals surface area contributed by atoms with Gasteiger partial charge in [0.25, 0.3) is 0 Å². The summed E-state index contributed by atoms with van der Waals surface area (Å²) in [6.45, 7) is 0. The van der Waals surface area contributed by atoms with Gasteiger partial charge in [0.1, 0.15) is 0 Å². The van der Waals surface area contributed by atoms with Gasteiger partial charge in [-0.05, 0) is 25.2 Å². The van der Waals surface area contributed by atoms with Crippen molar-refractivity contribution in [2.24, 2.45) is 0 Å². The van der Waals surface area contributed by atoms with E-state index in [1.54, 1.807) is 0 Å². The van der Waals surface area contributed by atoms with Crippen molar-refractivity contribution < 1.29 is 54.9 Å². The van der Waals surface area contributed by atoms with Gasteiger partial charge < -0.3 is 28.7 Å². The quantitative estimate of drug-likeness (QED) is 0.360. The first kappa shape index (κ1) is 22.5. The summed E-state index contributed by atoms with van der Waals surface area (Å²) >= 11 is 0. The van der Waals surface area contributed by atoms with Gasteiger partial charge in [0.05, 0.1) is 0 Å². The summed E-state index contributed by atoms with van der Waals surface area (Å²) in [6, 6.07) is 0. The molecule has 6 nitrogen and oxygen atoms in total. The van der Waals surface area contributed by atoms with E-state index in [1.165, 1.54) is 0 Å². The summed E-state index contributed by atoms with van der Waals surface area (Å²) in [5.41, 5.74) is 0. The van der Waals surface area contributed by atoms with E-state index in [2.05, 4.69) is 0 Å². The molecule has 19 heavy (non-hydrogen) atoms. The minimum Gasteiger partial charge on any atom is -0.811 e. The predicted molar refractivity (Wildman–Crippen MR) is 61.9 cm³/mol. The second-order valence-electron chi connectivity index (χ2n) is 4.50. The summed E-state index contributed by atoms with van der Waals surface area (Å²) in [7, 11) is -8.68. The van der Waals surface area contributed by atoms with Gasteiger partial charge in [0.15, 0.2) is 0 Å². The molecule has 0 amide bonds. The molecule has 0 fully saturated rings. The standard InChI is InChI=1S/C10H24O6P2.Zr/c11-17(12,13)9-7-5-3-1-2-4-6-8-10-18(14,15)16;/h1-10H2,(H2,11,12,13)(H2,14,15,16);/q;+4/p-4. The van der Waals surface area contributed by atoms with Crippen molar-refractivity contribution in [3.8, 4) is 0 Å². The molecule has 0 N–H and O–H groups in total. The van der Waals surface area contributed by atoms with Gasteiger partial charge in [0.2, 0.25) is 0 Å². The summed E-state index contributed by atoms with van der Waals surface area (Å²) in [5, 5.41) is 0. The predicted octanol–water partition coefficient (Wildman–Crippen LogP) is -0.0679. The van der Waals surface area contributed by atoms with Gasteiger partial charge >= 0.3 is 26.2 Å². The first-order chi connectivity index (χ1) is 8.21. The van der Waals surface area contributed by atoms with Crippen molar-refractivity contribution in [2.45, 2.75) is 51.4 Å². The van der Waals surface area contributed by atoms with Crippen LogP contribution in [-0.2, 0) is 35.3 Å². The van der Waals surface area contributed by atoms with Crippen LogP contribution in [0.4, 0.5) is 0 Å². The van der Waals surface area contributed by atoms with Gasteiger partial charge in [-0.25, -0.2) is 0 Å². The molecule has 0 aliphatic rings. The van der Waals surface area contributed by atoms with E-state index in [9.17, 15) is 28.7 Å². The summed E-state index contributed by atoms with van der Waals surface area (Å²) in [6.07, 6.45) is 5.38. The number of rotatable bonds is 11. The van der Waals surface area contributed by atoms with E-state index in [0.29, 0.717) is 12.8 Å². The maximum Gasteiger partial charge on any atom is 4.00 e. The molecule has 0 atom stereocenters. The molecule has 0 rings (SSSR count). The fourth-order valence-electron chi connectivity index (χ4n) is 1.67. The molecule has 0 aromatic heterocycles. The van der Waals surface area contributed by atoms with Crippen LogP contribution in [0.25, 0.3) is 0 Å². The molecule has 0 saturated heterocycles. The fraction of sp³-hybridized carbons (Fsp3) is 1.00. The molecule has 0 aromatic rings. The van der Waals surface area contributed by atoms with E-state index in [-0.39, 0.29) is 38.5 Å². The van der Waals surface area contributed by atoms with E-state index in [1.807, 2.05) is 0 Å². The normalized spacial score (nSPS) is 12.2. The van der Waals surface area contributed by atoms with Gasteiger partial charge in [-0.2, -0.15) is 0 Å². The maximum absolute atomic E-state index is 10.3. The zero-order valence-electron chi connectivity index (χ0n) is 10.9. The largest absolute Gasteiger partial charge is 4.00 e. The Bertz CT molecular complexity index is 270. The van der Waals surface area contributed by atoms with E-state index in [0.717, 1.165) is 38.5 Å². The van der Waals surface area contributed by atoms with E-state index in [4.69, 9.17) is 0 Å². The molecule has 0 heterocycles. The molecule has 0 saturated carbocycles. The molecule has 0 radical (unpaired) electrons. The summed E-state index contributed by atoms with van der Waals surface area (Å²) in [5.74, 6) is 0. The Kier molecular flexibility index (Phi) is 14.0. The minimum absolute atomic E-state index is 0. The third kappa shape index (κ3) is 21.6. The molecule has 9 heteroatoms. The molecule has 0 aromatic carbocycles. The minimum atomic E-state index is -4.34. The number of hydrogen-bond donors (Lipinski definition) is 0. The van der Waals surface area contributed by atoms with Crippen LogP contribution in [-0.4, -0.2) is 12.3 Å². The molecule has 0 unspecified atom stereocenters. The smallest absolute Gasteiger partial charge is 0.811 e. The van der Waals surface area contributed by atoms with Gasteiger partial charge in [-0.15, -0.1) is 0 Å². The molecule has 0 aliphatic heterocycles. The summed E-state index contributed by atoms with van der Waals surface area (Å²) < 4.78 is 20.6. The number of unbranched alkanes of at least 4 members (excludes halogenated alkanes) is 7. The van der Waals surface area contributed by atoms with Gasteiger partial charge in [0, 0.05) is 0 Å². The average Bonchev–Trinajstić information content (AvgIpc) is 2.17. The monoisotopic (exact) mass is 388 g/mol. The molecule has 0 aliphatic carbocycles. The Morgan fingerprint density at radius 3 is 0.947 bits per heavy atom. The SMILES string of the molecule is O=P([O-])([O-])CCCCCCCCCCP(=O)([O-])[O-].[Zr+4]. The summed E-state index contributed by atoms with van der Waals surface area (Å²) in [4.78, 5) is 41.3. The molecule has 0 bridgehead atoms. The van der Waals surface area contributed by atoms with Crippen LogP contribution in [0.15, 0.2) is 0 Å². The zero-order valence-corrected chi connectivity index (χ0v) is 15.2. The van der Waals surface area contributed by atoms with Crippen LogP contribution in [0, 0.1) is 0 Å².